The van der Waals surface area contributed by atoms with E-state index in [1.54, 1.807) is 4.90 Å². The van der Waals surface area contributed by atoms with Gasteiger partial charge in [0.25, 0.3) is 5.91 Å². The van der Waals surface area contributed by atoms with Crippen LogP contribution in [-0.2, 0) is 18.8 Å². The van der Waals surface area contributed by atoms with E-state index in [0.717, 1.165) is 34.1 Å². The standard InChI is InChI=1S/C21H22N6OS/c1-3-27-18-11-7-6-10-17(18)24-19(27)12-26(2)20(28)16-9-5-4-8-15(16)13-29-21-22-14-23-25-21/h4-11,14H,3,12-13H2,1-2H3,(H,22,23,25). The lowest BCUT2D eigenvalue weighted by molar-refractivity contribution is 0.0779. The van der Waals surface area contributed by atoms with Crippen molar-refractivity contribution in [1.29, 1.82) is 0 Å². The molecular weight excluding hydrogens is 384 g/mol. The average Bonchev–Trinajstić information content (AvgIpc) is 3.39. The van der Waals surface area contributed by atoms with Crippen molar-refractivity contribution in [2.45, 2.75) is 30.9 Å². The largest absolute Gasteiger partial charge is 0.334 e. The van der Waals surface area contributed by atoms with Crippen molar-refractivity contribution in [1.82, 2.24) is 29.6 Å². The van der Waals surface area contributed by atoms with Gasteiger partial charge >= 0.3 is 0 Å². The molecule has 0 aliphatic heterocycles. The van der Waals surface area contributed by atoms with E-state index >= 15 is 0 Å². The number of aryl methyl sites for hydroxylation is 1. The van der Waals surface area contributed by atoms with E-state index in [4.69, 9.17) is 4.98 Å². The third-order valence-electron chi connectivity index (χ3n) is 4.78. The molecule has 0 fully saturated rings. The molecule has 2 aromatic heterocycles. The number of fused-ring (bicyclic) bond motifs is 1. The van der Waals surface area contributed by atoms with Crippen molar-refractivity contribution in [2.75, 3.05) is 7.05 Å². The zero-order valence-electron chi connectivity index (χ0n) is 16.4. The van der Waals surface area contributed by atoms with Crippen molar-refractivity contribution in [2.24, 2.45) is 0 Å². The highest BCUT2D eigenvalue weighted by Gasteiger charge is 2.19. The van der Waals surface area contributed by atoms with Crippen LogP contribution in [0.1, 0.15) is 28.7 Å². The molecule has 1 N–H and O–H groups in total. The number of H-pyrrole nitrogens is 1. The highest BCUT2D eigenvalue weighted by molar-refractivity contribution is 7.98. The average molecular weight is 407 g/mol. The lowest BCUT2D eigenvalue weighted by Gasteiger charge is -2.19. The molecule has 148 valence electrons. The monoisotopic (exact) mass is 406 g/mol. The summed E-state index contributed by atoms with van der Waals surface area (Å²) in [6.45, 7) is 3.35. The van der Waals surface area contributed by atoms with Crippen molar-refractivity contribution in [3.8, 4) is 0 Å². The highest BCUT2D eigenvalue weighted by Crippen LogP contribution is 2.23. The van der Waals surface area contributed by atoms with Crippen LogP contribution in [0.2, 0.25) is 0 Å². The van der Waals surface area contributed by atoms with Gasteiger partial charge in [-0.1, -0.05) is 42.1 Å². The molecule has 0 saturated carbocycles. The number of imidazole rings is 1. The van der Waals surface area contributed by atoms with E-state index in [1.165, 1.54) is 18.1 Å². The number of nitrogens with zero attached hydrogens (tertiary/aromatic N) is 5. The zero-order chi connectivity index (χ0) is 20.2. The van der Waals surface area contributed by atoms with Crippen LogP contribution in [-0.4, -0.2) is 42.6 Å². The van der Waals surface area contributed by atoms with Crippen LogP contribution in [0, 0.1) is 0 Å². The molecule has 0 aliphatic rings. The van der Waals surface area contributed by atoms with E-state index in [1.807, 2.05) is 49.5 Å². The summed E-state index contributed by atoms with van der Waals surface area (Å²) in [6.07, 6.45) is 1.48. The molecule has 0 radical (unpaired) electrons. The number of carbonyl (C=O) groups is 1. The van der Waals surface area contributed by atoms with Gasteiger partial charge in [-0.3, -0.25) is 9.89 Å². The molecule has 0 aliphatic carbocycles. The maximum Gasteiger partial charge on any atom is 0.254 e. The molecule has 2 heterocycles. The fourth-order valence-corrected chi connectivity index (χ4v) is 4.14. The zero-order valence-corrected chi connectivity index (χ0v) is 17.2. The van der Waals surface area contributed by atoms with E-state index < -0.39 is 0 Å². The smallest absolute Gasteiger partial charge is 0.254 e. The number of hydrogen-bond donors (Lipinski definition) is 1. The Morgan fingerprint density at radius 3 is 2.76 bits per heavy atom. The fourth-order valence-electron chi connectivity index (χ4n) is 3.35. The Bertz CT molecular complexity index is 1120. The van der Waals surface area contributed by atoms with Crippen LogP contribution in [0.15, 0.2) is 60.0 Å². The lowest BCUT2D eigenvalue weighted by Crippen LogP contribution is -2.28. The molecule has 4 aromatic rings. The number of hydrogen-bond acceptors (Lipinski definition) is 5. The van der Waals surface area contributed by atoms with Gasteiger partial charge in [-0.25, -0.2) is 9.97 Å². The van der Waals surface area contributed by atoms with Crippen LogP contribution in [0.3, 0.4) is 0 Å². The molecular formula is C21H22N6OS. The van der Waals surface area contributed by atoms with Crippen LogP contribution in [0.5, 0.6) is 0 Å². The summed E-state index contributed by atoms with van der Waals surface area (Å²) in [7, 11) is 1.82. The van der Waals surface area contributed by atoms with E-state index in [2.05, 4.69) is 32.7 Å². The predicted molar refractivity (Wildman–Crippen MR) is 114 cm³/mol. The predicted octanol–water partition coefficient (Wildman–Crippen LogP) is 3.74. The lowest BCUT2D eigenvalue weighted by atomic mass is 10.1. The van der Waals surface area contributed by atoms with E-state index in [0.29, 0.717) is 17.9 Å². The Balaban J connectivity index is 1.54. The summed E-state index contributed by atoms with van der Waals surface area (Å²) < 4.78 is 2.16. The first-order chi connectivity index (χ1) is 14.2. The Hall–Kier alpha value is -3.13. The van der Waals surface area contributed by atoms with Crippen LogP contribution in [0.25, 0.3) is 11.0 Å². The summed E-state index contributed by atoms with van der Waals surface area (Å²) in [5.74, 6) is 1.50. The molecule has 0 unspecified atom stereocenters. The molecule has 0 atom stereocenters. The molecule has 4 rings (SSSR count). The first-order valence-electron chi connectivity index (χ1n) is 9.43. The maximum atomic E-state index is 13.2. The number of nitrogens with one attached hydrogen (secondary N) is 1. The topological polar surface area (TPSA) is 79.7 Å². The van der Waals surface area contributed by atoms with Crippen LogP contribution in [0.4, 0.5) is 0 Å². The summed E-state index contributed by atoms with van der Waals surface area (Å²) in [5.41, 5.74) is 3.71. The number of benzene rings is 2. The van der Waals surface area contributed by atoms with Gasteiger partial charge < -0.3 is 9.47 Å². The van der Waals surface area contributed by atoms with Gasteiger partial charge in [-0.2, -0.15) is 5.10 Å². The number of thioether (sulfide) groups is 1. The second-order valence-electron chi connectivity index (χ2n) is 6.66. The number of aromatic nitrogens is 5. The summed E-state index contributed by atoms with van der Waals surface area (Å²) >= 11 is 1.52. The third-order valence-corrected chi connectivity index (χ3v) is 5.71. The minimum Gasteiger partial charge on any atom is -0.334 e. The summed E-state index contributed by atoms with van der Waals surface area (Å²) in [6, 6.07) is 15.8. The first-order valence-corrected chi connectivity index (χ1v) is 10.4. The molecule has 8 heteroatoms. The van der Waals surface area contributed by atoms with Gasteiger partial charge in [0.1, 0.15) is 12.2 Å². The second-order valence-corrected chi connectivity index (χ2v) is 7.62. The maximum absolute atomic E-state index is 13.2. The molecule has 1 amide bonds. The van der Waals surface area contributed by atoms with Crippen molar-refractivity contribution < 1.29 is 4.79 Å². The highest BCUT2D eigenvalue weighted by atomic mass is 32.2. The SMILES string of the molecule is CCn1c(CN(C)C(=O)c2ccccc2CSc2ncn[nH]2)nc2ccccc21. The minimum absolute atomic E-state index is 0.0199. The molecule has 0 bridgehead atoms. The summed E-state index contributed by atoms with van der Waals surface area (Å²) in [4.78, 5) is 23.8. The number of para-hydroxylation sites is 2. The third kappa shape index (κ3) is 4.02. The van der Waals surface area contributed by atoms with E-state index in [-0.39, 0.29) is 5.91 Å². The Morgan fingerprint density at radius 1 is 1.17 bits per heavy atom. The normalized spacial score (nSPS) is 11.1. The molecule has 7 nitrogen and oxygen atoms in total. The second kappa shape index (κ2) is 8.48. The van der Waals surface area contributed by atoms with Gasteiger partial charge in [-0.05, 0) is 30.7 Å². The number of rotatable bonds is 7. The minimum atomic E-state index is -0.0199. The first kappa shape index (κ1) is 19.2. The number of carbonyl (C=O) groups excluding carboxylic acids is 1. The van der Waals surface area contributed by atoms with Crippen LogP contribution < -0.4 is 0 Å². The number of amides is 1. The molecule has 2 aromatic carbocycles. The van der Waals surface area contributed by atoms with Gasteiger partial charge in [0, 0.05) is 24.9 Å². The van der Waals surface area contributed by atoms with Gasteiger partial charge in [0.15, 0.2) is 5.16 Å². The van der Waals surface area contributed by atoms with Gasteiger partial charge in [-0.15, -0.1) is 0 Å². The van der Waals surface area contributed by atoms with Gasteiger partial charge in [0.05, 0.1) is 17.6 Å². The Labute approximate surface area is 173 Å². The summed E-state index contributed by atoms with van der Waals surface area (Å²) in [5, 5.41) is 7.43. The molecule has 29 heavy (non-hydrogen) atoms. The molecule has 0 spiro atoms. The van der Waals surface area contributed by atoms with Crippen LogP contribution >= 0.6 is 11.8 Å². The van der Waals surface area contributed by atoms with Crippen molar-refractivity contribution >= 4 is 28.7 Å². The molecule has 0 saturated heterocycles. The number of aromatic amines is 1. The quantitative estimate of drug-likeness (QED) is 0.473. The van der Waals surface area contributed by atoms with E-state index in [9.17, 15) is 4.79 Å². The van der Waals surface area contributed by atoms with Crippen molar-refractivity contribution in [3.05, 3.63) is 71.8 Å². The van der Waals surface area contributed by atoms with Gasteiger partial charge in [0.2, 0.25) is 0 Å². The Morgan fingerprint density at radius 2 is 1.97 bits per heavy atom. The van der Waals surface area contributed by atoms with Crippen molar-refractivity contribution in [3.63, 3.8) is 0 Å². The fraction of sp³-hybridized carbons (Fsp3) is 0.238. The Kier molecular flexibility index (Phi) is 5.62.